The topological polar surface area (TPSA) is 66.4 Å². The molecule has 2 heterocycles. The lowest BCUT2D eigenvalue weighted by atomic mass is 10.0. The lowest BCUT2D eigenvalue weighted by molar-refractivity contribution is -0.143. The van der Waals surface area contributed by atoms with Crippen LogP contribution in [0.25, 0.3) is 0 Å². The largest absolute Gasteiger partial charge is 0.473 e. The van der Waals surface area contributed by atoms with Crippen molar-refractivity contribution in [3.05, 3.63) is 23.8 Å². The number of aliphatic imine (C=N–C) groups is 1. The molecule has 0 saturated carbocycles. The van der Waals surface area contributed by atoms with Gasteiger partial charge in [-0.15, -0.1) is 0 Å². The van der Waals surface area contributed by atoms with E-state index in [2.05, 4.69) is 9.73 Å². The molecule has 0 bridgehead atoms. The number of esters is 1. The summed E-state index contributed by atoms with van der Waals surface area (Å²) in [7, 11) is 1.33. The van der Waals surface area contributed by atoms with Crippen molar-refractivity contribution in [1.29, 1.82) is 0 Å². The Balaban J connectivity index is 1.88. The summed E-state index contributed by atoms with van der Waals surface area (Å²) in [6.07, 6.45) is 0.795. The first-order valence-electron chi connectivity index (χ1n) is 5.44. The van der Waals surface area contributed by atoms with Gasteiger partial charge in [0.15, 0.2) is 30.0 Å². The number of benzene rings is 1. The second kappa shape index (κ2) is 4.21. The maximum Gasteiger partial charge on any atom is 0.334 e. The highest BCUT2D eigenvalue weighted by atomic mass is 16.7. The highest BCUT2D eigenvalue weighted by Gasteiger charge is 2.35. The second-order valence-corrected chi connectivity index (χ2v) is 3.89. The fourth-order valence-electron chi connectivity index (χ4n) is 1.98. The molecule has 6 heteroatoms. The van der Waals surface area contributed by atoms with Crippen LogP contribution in [0.5, 0.6) is 11.5 Å². The maximum atomic E-state index is 11.6. The highest BCUT2D eigenvalue weighted by molar-refractivity contribution is 5.80. The molecule has 1 aromatic rings. The molecule has 2 unspecified atom stereocenters. The smallest absolute Gasteiger partial charge is 0.334 e. The molecule has 0 N–H and O–H groups in total. The molecule has 0 radical (unpaired) electrons. The Hall–Kier alpha value is -2.24. The number of carbonyl (C=O) groups excluding carboxylic acids is 1. The molecule has 0 saturated heterocycles. The number of methoxy groups -OCH3 is 1. The minimum Gasteiger partial charge on any atom is -0.473 e. The number of nitrogens with zero attached hydrogens (tertiary/aromatic N) is 1. The molecule has 0 fully saturated rings. The summed E-state index contributed by atoms with van der Waals surface area (Å²) in [5.41, 5.74) is 0.798. The number of rotatable bonds is 2. The summed E-state index contributed by atoms with van der Waals surface area (Å²) >= 11 is 0. The van der Waals surface area contributed by atoms with E-state index in [1.54, 1.807) is 12.1 Å². The van der Waals surface area contributed by atoms with Gasteiger partial charge < -0.3 is 18.9 Å². The number of fused-ring (bicyclic) bond motifs is 1. The Kier molecular flexibility index (Phi) is 2.55. The third kappa shape index (κ3) is 1.66. The zero-order chi connectivity index (χ0) is 12.5. The Morgan fingerprint density at radius 2 is 2.22 bits per heavy atom. The van der Waals surface area contributed by atoms with Crippen LogP contribution >= 0.6 is 0 Å². The van der Waals surface area contributed by atoms with Gasteiger partial charge in [0.25, 0.3) is 0 Å². The zero-order valence-electron chi connectivity index (χ0n) is 9.66. The fourth-order valence-corrected chi connectivity index (χ4v) is 1.98. The van der Waals surface area contributed by atoms with Gasteiger partial charge in [-0.3, -0.25) is 0 Å². The van der Waals surface area contributed by atoms with E-state index in [0.717, 1.165) is 5.56 Å². The van der Waals surface area contributed by atoms with Crippen LogP contribution < -0.4 is 9.47 Å². The van der Waals surface area contributed by atoms with Gasteiger partial charge in [-0.2, -0.15) is 0 Å². The first-order valence-corrected chi connectivity index (χ1v) is 5.44. The van der Waals surface area contributed by atoms with E-state index in [1.807, 2.05) is 6.07 Å². The Morgan fingerprint density at radius 3 is 3.06 bits per heavy atom. The van der Waals surface area contributed by atoms with E-state index in [4.69, 9.17) is 14.2 Å². The van der Waals surface area contributed by atoms with E-state index in [-0.39, 0.29) is 6.79 Å². The summed E-state index contributed by atoms with van der Waals surface area (Å²) in [4.78, 5) is 15.5. The lowest BCUT2D eigenvalue weighted by Crippen LogP contribution is -2.25. The van der Waals surface area contributed by atoms with Crippen molar-refractivity contribution in [3.63, 3.8) is 0 Å². The first-order chi connectivity index (χ1) is 8.79. The van der Waals surface area contributed by atoms with Crippen molar-refractivity contribution >= 4 is 12.4 Å². The summed E-state index contributed by atoms with van der Waals surface area (Å²) in [5.74, 6) is 0.908. The van der Waals surface area contributed by atoms with Crippen LogP contribution in [0.15, 0.2) is 23.2 Å². The number of hydrogen-bond acceptors (Lipinski definition) is 6. The molecule has 1 aromatic carbocycles. The third-order valence-electron chi connectivity index (χ3n) is 2.88. The monoisotopic (exact) mass is 249 g/mol. The molecule has 2 aliphatic heterocycles. The number of hydrogen-bond donors (Lipinski definition) is 0. The second-order valence-electron chi connectivity index (χ2n) is 3.89. The molecule has 3 rings (SSSR count). The number of ether oxygens (including phenoxy) is 4. The van der Waals surface area contributed by atoms with E-state index in [0.29, 0.717) is 11.5 Å². The van der Waals surface area contributed by atoms with E-state index >= 15 is 0 Å². The zero-order valence-corrected chi connectivity index (χ0v) is 9.66. The van der Waals surface area contributed by atoms with Gasteiger partial charge in [0.1, 0.15) is 0 Å². The van der Waals surface area contributed by atoms with Crippen LogP contribution in [0, 0.1) is 0 Å². The van der Waals surface area contributed by atoms with Crippen molar-refractivity contribution in [2.75, 3.05) is 13.9 Å². The molecule has 0 aliphatic carbocycles. The molecule has 94 valence electrons. The molecular formula is C12H11NO5. The molecule has 0 amide bonds. The van der Waals surface area contributed by atoms with Crippen LogP contribution in [0.3, 0.4) is 0 Å². The number of carbonyl (C=O) groups is 1. The van der Waals surface area contributed by atoms with Gasteiger partial charge >= 0.3 is 5.97 Å². The quantitative estimate of drug-likeness (QED) is 0.733. The van der Waals surface area contributed by atoms with Crippen molar-refractivity contribution in [2.45, 2.75) is 12.1 Å². The highest BCUT2D eigenvalue weighted by Crippen LogP contribution is 2.37. The molecular weight excluding hydrogens is 238 g/mol. The fraction of sp³-hybridized carbons (Fsp3) is 0.333. The van der Waals surface area contributed by atoms with Crippen molar-refractivity contribution in [2.24, 2.45) is 4.99 Å². The normalized spacial score (nSPS) is 23.8. The van der Waals surface area contributed by atoms with E-state index < -0.39 is 18.1 Å². The molecule has 0 aromatic heterocycles. The van der Waals surface area contributed by atoms with Crippen molar-refractivity contribution in [1.82, 2.24) is 0 Å². The van der Waals surface area contributed by atoms with Crippen LogP contribution in [-0.4, -0.2) is 32.3 Å². The molecule has 0 spiro atoms. The molecule has 6 nitrogen and oxygen atoms in total. The lowest BCUT2D eigenvalue weighted by Gasteiger charge is -2.15. The van der Waals surface area contributed by atoms with Crippen LogP contribution in [0.1, 0.15) is 11.7 Å². The van der Waals surface area contributed by atoms with Gasteiger partial charge in [0.05, 0.1) is 7.11 Å². The third-order valence-corrected chi connectivity index (χ3v) is 2.88. The van der Waals surface area contributed by atoms with Gasteiger partial charge in [-0.25, -0.2) is 9.79 Å². The van der Waals surface area contributed by atoms with Crippen LogP contribution in [0.2, 0.25) is 0 Å². The summed E-state index contributed by atoms with van der Waals surface area (Å²) in [6.45, 7) is 0.210. The summed E-state index contributed by atoms with van der Waals surface area (Å²) < 4.78 is 20.5. The standard InChI is InChI=1S/C12H11NO5/c1-15-12(14)10-11(16-5-13-10)7-2-3-8-9(4-7)18-6-17-8/h2-5,10-11H,6H2,1H3. The van der Waals surface area contributed by atoms with E-state index in [9.17, 15) is 4.79 Å². The summed E-state index contributed by atoms with van der Waals surface area (Å²) in [6, 6.07) is 4.73. The average Bonchev–Trinajstić information content (AvgIpc) is 3.05. The van der Waals surface area contributed by atoms with Gasteiger partial charge in [-0.05, 0) is 17.7 Å². The Bertz CT molecular complexity index is 513. The van der Waals surface area contributed by atoms with Crippen LogP contribution in [0.4, 0.5) is 0 Å². The maximum absolute atomic E-state index is 11.6. The van der Waals surface area contributed by atoms with Gasteiger partial charge in [-0.1, -0.05) is 6.07 Å². The minimum absolute atomic E-state index is 0.210. The van der Waals surface area contributed by atoms with Crippen LogP contribution in [-0.2, 0) is 14.3 Å². The van der Waals surface area contributed by atoms with Crippen molar-refractivity contribution in [3.8, 4) is 11.5 Å². The average molecular weight is 249 g/mol. The molecule has 2 aliphatic rings. The Labute approximate surface area is 103 Å². The molecule has 18 heavy (non-hydrogen) atoms. The summed E-state index contributed by atoms with van der Waals surface area (Å²) in [5, 5.41) is 0. The minimum atomic E-state index is -0.671. The molecule has 2 atom stereocenters. The predicted octanol–water partition coefficient (Wildman–Crippen LogP) is 1.06. The van der Waals surface area contributed by atoms with Gasteiger partial charge in [0, 0.05) is 0 Å². The van der Waals surface area contributed by atoms with Crippen molar-refractivity contribution < 1.29 is 23.7 Å². The predicted molar refractivity (Wildman–Crippen MR) is 60.7 cm³/mol. The van der Waals surface area contributed by atoms with Gasteiger partial charge in [0.2, 0.25) is 6.79 Å². The first kappa shape index (κ1) is 10.9. The SMILES string of the molecule is COC(=O)C1N=COC1c1ccc2c(c1)OCO2. The Morgan fingerprint density at radius 1 is 1.39 bits per heavy atom. The van der Waals surface area contributed by atoms with E-state index in [1.165, 1.54) is 13.5 Å².